The molecule has 5 aromatic rings. The third-order valence-corrected chi connectivity index (χ3v) is 6.36. The molecule has 0 amide bonds. The Morgan fingerprint density at radius 2 is 1.72 bits per heavy atom. The minimum Gasteiger partial charge on any atom is -0.495 e. The summed E-state index contributed by atoms with van der Waals surface area (Å²) in [6, 6.07) is 16.3. The molecule has 0 aliphatic heterocycles. The van der Waals surface area contributed by atoms with E-state index in [1.54, 1.807) is 80.4 Å². The molecule has 0 atom stereocenters. The Hall–Kier alpha value is -4.85. The van der Waals surface area contributed by atoms with Crippen LogP contribution in [0.4, 0.5) is 4.39 Å². The van der Waals surface area contributed by atoms with E-state index in [0.29, 0.717) is 39.4 Å². The molecule has 0 aliphatic carbocycles. The molecule has 0 fully saturated rings. The van der Waals surface area contributed by atoms with Crippen LogP contribution in [0.3, 0.4) is 0 Å². The molecule has 0 aliphatic rings. The van der Waals surface area contributed by atoms with Gasteiger partial charge >= 0.3 is 0 Å². The summed E-state index contributed by atoms with van der Waals surface area (Å²) in [6.45, 7) is 3.92. The van der Waals surface area contributed by atoms with Crippen molar-refractivity contribution in [3.63, 3.8) is 0 Å². The van der Waals surface area contributed by atoms with Crippen molar-refractivity contribution in [1.82, 2.24) is 14.5 Å². The molecule has 0 spiro atoms. The highest BCUT2D eigenvalue weighted by molar-refractivity contribution is 5.98. The van der Waals surface area contributed by atoms with Crippen LogP contribution in [0, 0.1) is 5.82 Å². The molecule has 39 heavy (non-hydrogen) atoms. The summed E-state index contributed by atoms with van der Waals surface area (Å²) in [7, 11) is 1.57. The molecular formula is C31H26FN3O4. The van der Waals surface area contributed by atoms with Crippen LogP contribution in [-0.2, 0) is 6.42 Å². The smallest absolute Gasteiger partial charge is 0.200 e. The molecule has 3 aromatic heterocycles. The van der Waals surface area contributed by atoms with Crippen molar-refractivity contribution in [2.45, 2.75) is 26.3 Å². The van der Waals surface area contributed by atoms with E-state index in [-0.39, 0.29) is 29.2 Å². The van der Waals surface area contributed by atoms with Crippen LogP contribution >= 0.6 is 0 Å². The average molecular weight is 524 g/mol. The van der Waals surface area contributed by atoms with Gasteiger partial charge in [-0.05, 0) is 49.2 Å². The molecule has 0 N–H and O–H groups in total. The van der Waals surface area contributed by atoms with E-state index in [4.69, 9.17) is 9.47 Å². The zero-order valence-electron chi connectivity index (χ0n) is 21.7. The lowest BCUT2D eigenvalue weighted by atomic mass is 9.99. The quantitative estimate of drug-likeness (QED) is 0.219. The van der Waals surface area contributed by atoms with Gasteiger partial charge in [-0.15, -0.1) is 0 Å². The number of hydrogen-bond acceptors (Lipinski definition) is 6. The summed E-state index contributed by atoms with van der Waals surface area (Å²) in [5, 5.41) is 0. The highest BCUT2D eigenvalue weighted by Gasteiger charge is 2.18. The first-order valence-corrected chi connectivity index (χ1v) is 12.4. The average Bonchev–Trinajstić information content (AvgIpc) is 2.94. The van der Waals surface area contributed by atoms with E-state index in [2.05, 4.69) is 9.97 Å². The first kappa shape index (κ1) is 25.8. The number of Topliss-reactive ketones (excluding diaryl/α,β-unsaturated/α-hetero) is 1. The van der Waals surface area contributed by atoms with Crippen LogP contribution in [0.1, 0.15) is 35.8 Å². The van der Waals surface area contributed by atoms with Crippen LogP contribution in [-0.4, -0.2) is 27.4 Å². The molecule has 0 unspecified atom stereocenters. The molecule has 0 saturated heterocycles. The molecule has 0 bridgehead atoms. The Labute approximate surface area is 224 Å². The summed E-state index contributed by atoms with van der Waals surface area (Å²) < 4.78 is 26.5. The highest BCUT2D eigenvalue weighted by Crippen LogP contribution is 2.29. The van der Waals surface area contributed by atoms with Gasteiger partial charge in [-0.25, -0.2) is 9.37 Å². The lowest BCUT2D eigenvalue weighted by molar-refractivity contribution is 0.0991. The normalized spacial score (nSPS) is 11.1. The maximum absolute atomic E-state index is 13.5. The number of hydrogen-bond donors (Lipinski definition) is 0. The molecule has 3 heterocycles. The number of fused-ring (bicyclic) bond motifs is 1. The number of halogens is 1. The van der Waals surface area contributed by atoms with Crippen LogP contribution in [0.2, 0.25) is 0 Å². The topological polar surface area (TPSA) is 83.3 Å². The van der Waals surface area contributed by atoms with Crippen molar-refractivity contribution in [1.29, 1.82) is 0 Å². The third-order valence-electron chi connectivity index (χ3n) is 6.36. The van der Waals surface area contributed by atoms with Gasteiger partial charge in [0, 0.05) is 48.7 Å². The zero-order valence-corrected chi connectivity index (χ0v) is 21.7. The fraction of sp³-hybridized carbons (Fsp3) is 0.161. The summed E-state index contributed by atoms with van der Waals surface area (Å²) in [5.74, 6) is 1.01. The van der Waals surface area contributed by atoms with Gasteiger partial charge in [0.05, 0.1) is 24.4 Å². The van der Waals surface area contributed by atoms with Gasteiger partial charge in [0.2, 0.25) is 0 Å². The summed E-state index contributed by atoms with van der Waals surface area (Å²) >= 11 is 0. The summed E-state index contributed by atoms with van der Waals surface area (Å²) in [6.07, 6.45) is 6.58. The standard InChI is InChI=1S/C31H26FN3O4/c1-19(2)35-17-25(21-6-8-22(32)9-7-21)31(37)26(18-35)28(36)14-20-4-10-23(11-5-20)39-29-12-13-33-27-15-24(38-3)16-34-30(27)29/h4-13,15-19H,14H2,1-3H3. The van der Waals surface area contributed by atoms with Gasteiger partial charge in [-0.2, -0.15) is 0 Å². The fourth-order valence-electron chi connectivity index (χ4n) is 4.19. The van der Waals surface area contributed by atoms with Gasteiger partial charge in [0.25, 0.3) is 0 Å². The van der Waals surface area contributed by atoms with E-state index in [1.807, 2.05) is 18.4 Å². The molecule has 8 heteroatoms. The SMILES string of the molecule is COc1cnc2c(Oc3ccc(CC(=O)c4cn(C(C)C)cc(-c5ccc(F)cc5)c4=O)cc3)ccnc2c1. The minimum atomic E-state index is -0.392. The van der Waals surface area contributed by atoms with Crippen LogP contribution in [0.5, 0.6) is 17.2 Å². The Morgan fingerprint density at radius 3 is 2.41 bits per heavy atom. The van der Waals surface area contributed by atoms with Crippen LogP contribution in [0.15, 0.2) is 90.2 Å². The number of ether oxygens (including phenoxy) is 2. The van der Waals surface area contributed by atoms with Gasteiger partial charge in [0.15, 0.2) is 17.0 Å². The largest absolute Gasteiger partial charge is 0.495 e. The summed E-state index contributed by atoms with van der Waals surface area (Å²) in [5.41, 5.74) is 2.60. The predicted molar refractivity (Wildman–Crippen MR) is 147 cm³/mol. The van der Waals surface area contributed by atoms with Gasteiger partial charge in [-0.1, -0.05) is 24.3 Å². The number of ketones is 1. The van der Waals surface area contributed by atoms with Crippen molar-refractivity contribution >= 4 is 16.8 Å². The van der Waals surface area contributed by atoms with E-state index in [0.717, 1.165) is 5.56 Å². The van der Waals surface area contributed by atoms with E-state index in [9.17, 15) is 14.0 Å². The van der Waals surface area contributed by atoms with E-state index < -0.39 is 5.82 Å². The maximum Gasteiger partial charge on any atom is 0.200 e. The second kappa shape index (κ2) is 10.9. The van der Waals surface area contributed by atoms with E-state index >= 15 is 0 Å². The number of carbonyl (C=O) groups is 1. The minimum absolute atomic E-state index is 0.0209. The fourth-order valence-corrected chi connectivity index (χ4v) is 4.19. The molecule has 7 nitrogen and oxygen atoms in total. The number of aromatic nitrogens is 3. The maximum atomic E-state index is 13.5. The Bertz CT molecular complexity index is 1710. The van der Waals surface area contributed by atoms with E-state index in [1.165, 1.54) is 12.1 Å². The Morgan fingerprint density at radius 1 is 0.974 bits per heavy atom. The van der Waals surface area contributed by atoms with Gasteiger partial charge in [0.1, 0.15) is 22.8 Å². The Kier molecular flexibility index (Phi) is 7.19. The zero-order chi connectivity index (χ0) is 27.5. The monoisotopic (exact) mass is 523 g/mol. The molecule has 196 valence electrons. The van der Waals surface area contributed by atoms with Gasteiger partial charge < -0.3 is 14.0 Å². The third kappa shape index (κ3) is 5.55. The number of rotatable bonds is 8. The van der Waals surface area contributed by atoms with Crippen LogP contribution in [0.25, 0.3) is 22.2 Å². The highest BCUT2D eigenvalue weighted by atomic mass is 19.1. The first-order valence-electron chi connectivity index (χ1n) is 12.4. The van der Waals surface area contributed by atoms with Crippen molar-refractivity contribution in [3.05, 3.63) is 113 Å². The molecular weight excluding hydrogens is 497 g/mol. The van der Waals surface area contributed by atoms with Gasteiger partial charge in [-0.3, -0.25) is 14.6 Å². The molecule has 2 aromatic carbocycles. The summed E-state index contributed by atoms with van der Waals surface area (Å²) in [4.78, 5) is 35.3. The number of carbonyl (C=O) groups excluding carboxylic acids is 1. The number of nitrogens with zero attached hydrogens (tertiary/aromatic N) is 3. The predicted octanol–water partition coefficient (Wildman–Crippen LogP) is 6.40. The van der Waals surface area contributed by atoms with Crippen molar-refractivity contribution in [2.24, 2.45) is 0 Å². The Balaban J connectivity index is 1.38. The van der Waals surface area contributed by atoms with Crippen molar-refractivity contribution < 1.29 is 18.7 Å². The lowest BCUT2D eigenvalue weighted by Crippen LogP contribution is -2.22. The molecule has 0 radical (unpaired) electrons. The second-order valence-electron chi connectivity index (χ2n) is 9.36. The van der Waals surface area contributed by atoms with Crippen molar-refractivity contribution in [2.75, 3.05) is 7.11 Å². The van der Waals surface area contributed by atoms with Crippen molar-refractivity contribution in [3.8, 4) is 28.4 Å². The van der Waals surface area contributed by atoms with Crippen LogP contribution < -0.4 is 14.9 Å². The molecule has 5 rings (SSSR count). The lowest BCUT2D eigenvalue weighted by Gasteiger charge is -2.15. The number of benzene rings is 2. The number of pyridine rings is 3. The first-order chi connectivity index (χ1) is 18.8. The number of methoxy groups -OCH3 is 1. The second-order valence-corrected chi connectivity index (χ2v) is 9.36. The molecule has 0 saturated carbocycles.